The van der Waals surface area contributed by atoms with Crippen LogP contribution in [0.25, 0.3) is 11.4 Å². The van der Waals surface area contributed by atoms with Crippen LogP contribution in [0.5, 0.6) is 0 Å². The summed E-state index contributed by atoms with van der Waals surface area (Å²) in [6.07, 6.45) is -0.431. The van der Waals surface area contributed by atoms with Crippen LogP contribution < -0.4 is 5.32 Å². The lowest BCUT2D eigenvalue weighted by molar-refractivity contribution is 0.0636. The molecular formula is C21H19FN4O3. The van der Waals surface area contributed by atoms with Gasteiger partial charge in [0.15, 0.2) is 0 Å². The lowest BCUT2D eigenvalue weighted by Gasteiger charge is -2.19. The summed E-state index contributed by atoms with van der Waals surface area (Å²) in [5.41, 5.74) is 1.26. The number of nitrogens with zero attached hydrogens (tertiary/aromatic N) is 3. The van der Waals surface area contributed by atoms with Crippen molar-refractivity contribution >= 4 is 11.8 Å². The zero-order chi connectivity index (χ0) is 21.0. The molecule has 0 unspecified atom stereocenters. The van der Waals surface area contributed by atoms with Gasteiger partial charge in [-0.1, -0.05) is 11.2 Å². The number of anilines is 1. The second-order valence-corrected chi connectivity index (χ2v) is 7.31. The summed E-state index contributed by atoms with van der Waals surface area (Å²) in [4.78, 5) is 16.1. The first kappa shape index (κ1) is 20.0. The Morgan fingerprint density at radius 3 is 2.59 bits per heavy atom. The van der Waals surface area contributed by atoms with Crippen LogP contribution in [0.4, 0.5) is 14.9 Å². The molecule has 0 radical (unpaired) electrons. The number of ether oxygens (including phenoxy) is 1. The highest BCUT2D eigenvalue weighted by atomic mass is 19.1. The van der Waals surface area contributed by atoms with E-state index < -0.39 is 17.5 Å². The average molecular weight is 394 g/mol. The Morgan fingerprint density at radius 2 is 1.97 bits per heavy atom. The highest BCUT2D eigenvalue weighted by molar-refractivity contribution is 5.85. The zero-order valence-electron chi connectivity index (χ0n) is 16.2. The number of amides is 1. The van der Waals surface area contributed by atoms with Gasteiger partial charge in [0.1, 0.15) is 11.4 Å². The van der Waals surface area contributed by atoms with Gasteiger partial charge in [0, 0.05) is 11.3 Å². The summed E-state index contributed by atoms with van der Waals surface area (Å²) in [5.74, 6) is 0.0961. The smallest absolute Gasteiger partial charge is 0.412 e. The lowest BCUT2D eigenvalue weighted by Crippen LogP contribution is -2.27. The van der Waals surface area contributed by atoms with Crippen molar-refractivity contribution < 1.29 is 18.4 Å². The Labute approximate surface area is 167 Å². The summed E-state index contributed by atoms with van der Waals surface area (Å²) >= 11 is 0. The number of halogens is 1. The molecule has 0 fully saturated rings. The van der Waals surface area contributed by atoms with E-state index in [-0.39, 0.29) is 17.9 Å². The molecule has 8 heteroatoms. The predicted octanol–water partition coefficient (Wildman–Crippen LogP) is 4.69. The molecule has 7 nitrogen and oxygen atoms in total. The number of nitriles is 1. The van der Waals surface area contributed by atoms with E-state index >= 15 is 0 Å². The maximum absolute atomic E-state index is 14.0. The molecule has 0 spiro atoms. The number of benzene rings is 2. The molecular weight excluding hydrogens is 375 g/mol. The van der Waals surface area contributed by atoms with Crippen LogP contribution >= 0.6 is 0 Å². The van der Waals surface area contributed by atoms with Crippen molar-refractivity contribution in [3.8, 4) is 17.5 Å². The normalized spacial score (nSPS) is 11.0. The van der Waals surface area contributed by atoms with Crippen molar-refractivity contribution in [3.05, 3.63) is 65.3 Å². The van der Waals surface area contributed by atoms with Crippen LogP contribution in [0, 0.1) is 17.1 Å². The summed E-state index contributed by atoms with van der Waals surface area (Å²) in [6.45, 7) is 5.35. The van der Waals surface area contributed by atoms with Crippen LogP contribution in [-0.4, -0.2) is 21.8 Å². The first-order valence-corrected chi connectivity index (χ1v) is 8.85. The molecule has 3 aromatic rings. The highest BCUT2D eigenvalue weighted by Crippen LogP contribution is 2.21. The van der Waals surface area contributed by atoms with E-state index in [1.807, 2.05) is 6.07 Å². The molecule has 1 N–H and O–H groups in total. The maximum Gasteiger partial charge on any atom is 0.412 e. The Hall–Kier alpha value is -3.73. The largest absolute Gasteiger partial charge is 0.444 e. The van der Waals surface area contributed by atoms with E-state index in [1.54, 1.807) is 45.0 Å². The van der Waals surface area contributed by atoms with Crippen LogP contribution in [0.15, 0.2) is 47.0 Å². The lowest BCUT2D eigenvalue weighted by atomic mass is 10.1. The minimum Gasteiger partial charge on any atom is -0.444 e. The Bertz CT molecular complexity index is 1060. The Kier molecular flexibility index (Phi) is 5.59. The highest BCUT2D eigenvalue weighted by Gasteiger charge is 2.16. The number of aromatic nitrogens is 2. The van der Waals surface area contributed by atoms with Crippen molar-refractivity contribution in [2.24, 2.45) is 0 Å². The quantitative estimate of drug-likeness (QED) is 0.689. The number of carbonyl (C=O) groups is 1. The minimum atomic E-state index is -0.584. The Morgan fingerprint density at radius 1 is 1.24 bits per heavy atom. The molecule has 0 aliphatic heterocycles. The molecule has 148 valence electrons. The molecule has 0 saturated heterocycles. The fourth-order valence-corrected chi connectivity index (χ4v) is 2.49. The van der Waals surface area contributed by atoms with E-state index in [2.05, 4.69) is 15.5 Å². The molecule has 29 heavy (non-hydrogen) atoms. The number of hydrogen-bond acceptors (Lipinski definition) is 6. The molecule has 0 atom stereocenters. The van der Waals surface area contributed by atoms with Crippen LogP contribution in [0.3, 0.4) is 0 Å². The van der Waals surface area contributed by atoms with E-state index in [0.717, 1.165) is 0 Å². The fourth-order valence-electron chi connectivity index (χ4n) is 2.49. The van der Waals surface area contributed by atoms with Crippen LogP contribution in [0.1, 0.15) is 37.8 Å². The average Bonchev–Trinajstić information content (AvgIpc) is 3.11. The van der Waals surface area contributed by atoms with Gasteiger partial charge in [-0.25, -0.2) is 9.18 Å². The van der Waals surface area contributed by atoms with Gasteiger partial charge in [-0.3, -0.25) is 5.32 Å². The number of hydrogen-bond donors (Lipinski definition) is 1. The summed E-state index contributed by atoms with van der Waals surface area (Å²) < 4.78 is 24.4. The summed E-state index contributed by atoms with van der Waals surface area (Å²) in [6, 6.07) is 12.9. The van der Waals surface area contributed by atoms with Gasteiger partial charge in [-0.15, -0.1) is 0 Å². The fraction of sp³-hybridized carbons (Fsp3) is 0.238. The van der Waals surface area contributed by atoms with E-state index in [4.69, 9.17) is 14.5 Å². The third kappa shape index (κ3) is 5.39. The summed E-state index contributed by atoms with van der Waals surface area (Å²) in [5, 5.41) is 15.4. The Balaban J connectivity index is 1.67. The van der Waals surface area contributed by atoms with Gasteiger partial charge < -0.3 is 9.26 Å². The molecule has 0 bridgehead atoms. The molecule has 1 aromatic heterocycles. The second kappa shape index (κ2) is 8.10. The van der Waals surface area contributed by atoms with Gasteiger partial charge in [0.25, 0.3) is 0 Å². The van der Waals surface area contributed by atoms with Gasteiger partial charge in [-0.2, -0.15) is 10.2 Å². The van der Waals surface area contributed by atoms with Crippen molar-refractivity contribution in [1.82, 2.24) is 10.1 Å². The molecule has 2 aromatic carbocycles. The first-order chi connectivity index (χ1) is 13.7. The molecule has 3 rings (SSSR count). The van der Waals surface area contributed by atoms with Crippen molar-refractivity contribution in [1.29, 1.82) is 5.26 Å². The van der Waals surface area contributed by atoms with Crippen molar-refractivity contribution in [2.75, 3.05) is 5.32 Å². The number of rotatable bonds is 4. The maximum atomic E-state index is 14.0. The second-order valence-electron chi connectivity index (χ2n) is 7.31. The standard InChI is InChI=1S/C21H19FN4O3/c1-21(2,3)28-20(27)24-16-8-6-14(7-9-16)19-25-18(29-26-19)11-15-5-4-13(12-23)10-17(15)22/h4-10H,11H2,1-3H3,(H,24,27). The zero-order valence-corrected chi connectivity index (χ0v) is 16.2. The van der Waals surface area contributed by atoms with Gasteiger partial charge in [0.2, 0.25) is 11.7 Å². The SMILES string of the molecule is CC(C)(C)OC(=O)Nc1ccc(-c2noc(Cc3ccc(C#N)cc3F)n2)cc1. The van der Waals surface area contributed by atoms with Gasteiger partial charge in [0.05, 0.1) is 18.1 Å². The molecule has 0 aliphatic carbocycles. The number of nitrogens with one attached hydrogen (secondary N) is 1. The van der Waals surface area contributed by atoms with E-state index in [1.165, 1.54) is 18.2 Å². The van der Waals surface area contributed by atoms with Crippen LogP contribution in [-0.2, 0) is 11.2 Å². The van der Waals surface area contributed by atoms with Gasteiger partial charge in [-0.05, 0) is 62.7 Å². The molecule has 0 saturated carbocycles. The topological polar surface area (TPSA) is 101 Å². The van der Waals surface area contributed by atoms with Crippen LogP contribution in [0.2, 0.25) is 0 Å². The van der Waals surface area contributed by atoms with E-state index in [0.29, 0.717) is 22.6 Å². The van der Waals surface area contributed by atoms with E-state index in [9.17, 15) is 9.18 Å². The molecule has 0 aliphatic rings. The van der Waals surface area contributed by atoms with Crippen molar-refractivity contribution in [3.63, 3.8) is 0 Å². The monoisotopic (exact) mass is 394 g/mol. The van der Waals surface area contributed by atoms with Gasteiger partial charge >= 0.3 is 6.09 Å². The summed E-state index contributed by atoms with van der Waals surface area (Å²) in [7, 11) is 0. The third-order valence-electron chi connectivity index (χ3n) is 3.78. The predicted molar refractivity (Wildman–Crippen MR) is 104 cm³/mol. The van der Waals surface area contributed by atoms with Crippen molar-refractivity contribution in [2.45, 2.75) is 32.8 Å². The molecule has 1 heterocycles. The number of carbonyl (C=O) groups excluding carboxylic acids is 1. The molecule has 1 amide bonds. The first-order valence-electron chi connectivity index (χ1n) is 8.85. The minimum absolute atomic E-state index is 0.114. The third-order valence-corrected chi connectivity index (χ3v) is 3.78.